The molecule has 2 rings (SSSR count). The van der Waals surface area contributed by atoms with Gasteiger partial charge in [0.05, 0.1) is 6.10 Å². The highest BCUT2D eigenvalue weighted by Gasteiger charge is 2.33. The number of aliphatic hydroxyl groups is 1. The van der Waals surface area contributed by atoms with Crippen molar-refractivity contribution in [2.75, 3.05) is 0 Å². The van der Waals surface area contributed by atoms with Gasteiger partial charge in [0, 0.05) is 0 Å². The summed E-state index contributed by atoms with van der Waals surface area (Å²) in [5.74, 6) is 1.56. The Bertz CT molecular complexity index is 136. The molecule has 3 atom stereocenters. The van der Waals surface area contributed by atoms with Crippen LogP contribution in [0.2, 0.25) is 0 Å². The molecule has 0 amide bonds. The number of hydrogen-bond donors (Lipinski definition) is 2. The van der Waals surface area contributed by atoms with Crippen molar-refractivity contribution in [2.45, 2.75) is 51.0 Å². The molecule has 0 aromatic rings. The topological polar surface area (TPSA) is 55.2 Å². The van der Waals surface area contributed by atoms with Crippen LogP contribution in [-0.2, 0) is 0 Å². The van der Waals surface area contributed by atoms with Gasteiger partial charge in [-0.2, -0.15) is 0 Å². The molecule has 2 fully saturated rings. The number of aliphatic hydroxyl groups excluding tert-OH is 1. The van der Waals surface area contributed by atoms with E-state index in [0.717, 1.165) is 12.3 Å². The van der Waals surface area contributed by atoms with Gasteiger partial charge < -0.3 is 11.3 Å². The molecule has 2 nitrogen and oxygen atoms in total. The summed E-state index contributed by atoms with van der Waals surface area (Å²) >= 11 is 0. The van der Waals surface area contributed by atoms with Gasteiger partial charge in [-0.15, -0.1) is 0 Å². The average Bonchev–Trinajstić information content (AvgIpc) is 2.06. The van der Waals surface area contributed by atoms with Gasteiger partial charge in [0.2, 0.25) is 0 Å². The lowest BCUT2D eigenvalue weighted by Gasteiger charge is -2.38. The first-order chi connectivity index (χ1) is 5.38. The van der Waals surface area contributed by atoms with Crippen LogP contribution in [-0.4, -0.2) is 11.2 Å². The van der Waals surface area contributed by atoms with Crippen molar-refractivity contribution >= 4 is 0 Å². The molecule has 0 radical (unpaired) electrons. The van der Waals surface area contributed by atoms with E-state index in [1.54, 1.807) is 0 Å². The molecular formula is C10H21NO. The summed E-state index contributed by atoms with van der Waals surface area (Å²) in [5, 5.41) is 9.70. The smallest absolute Gasteiger partial charge is 0.0571 e. The summed E-state index contributed by atoms with van der Waals surface area (Å²) < 4.78 is 0. The van der Waals surface area contributed by atoms with Crippen molar-refractivity contribution in [1.29, 1.82) is 0 Å². The fourth-order valence-corrected chi connectivity index (χ4v) is 2.90. The second-order valence-electron chi connectivity index (χ2n) is 4.21. The van der Waals surface area contributed by atoms with Crippen molar-refractivity contribution in [3.8, 4) is 0 Å². The summed E-state index contributed by atoms with van der Waals surface area (Å²) in [6.45, 7) is 0. The molecule has 2 saturated carbocycles. The van der Waals surface area contributed by atoms with E-state index in [2.05, 4.69) is 0 Å². The molecule has 0 heterocycles. The highest BCUT2D eigenvalue weighted by Crippen LogP contribution is 2.40. The van der Waals surface area contributed by atoms with E-state index in [9.17, 15) is 5.11 Å². The van der Waals surface area contributed by atoms with Gasteiger partial charge in [-0.25, -0.2) is 0 Å². The van der Waals surface area contributed by atoms with Crippen molar-refractivity contribution in [1.82, 2.24) is 6.15 Å². The van der Waals surface area contributed by atoms with Crippen LogP contribution < -0.4 is 6.15 Å². The Balaban J connectivity index is 0.000000720. The van der Waals surface area contributed by atoms with Gasteiger partial charge in [-0.1, -0.05) is 25.7 Å². The maximum absolute atomic E-state index is 9.70. The molecule has 12 heavy (non-hydrogen) atoms. The Labute approximate surface area is 74.9 Å². The van der Waals surface area contributed by atoms with Gasteiger partial charge >= 0.3 is 0 Å². The summed E-state index contributed by atoms with van der Waals surface area (Å²) in [7, 11) is 0. The predicted octanol–water partition coefficient (Wildman–Crippen LogP) is 2.50. The first-order valence-corrected chi connectivity index (χ1v) is 5.06. The van der Waals surface area contributed by atoms with Gasteiger partial charge in [0.1, 0.15) is 0 Å². The third-order valence-corrected chi connectivity index (χ3v) is 3.54. The maximum atomic E-state index is 9.70. The third kappa shape index (κ3) is 1.80. The molecule has 2 aliphatic rings. The minimum absolute atomic E-state index is 0. The summed E-state index contributed by atoms with van der Waals surface area (Å²) in [6.07, 6.45) is 9.24. The molecular weight excluding hydrogens is 150 g/mol. The Morgan fingerprint density at radius 1 is 0.833 bits per heavy atom. The van der Waals surface area contributed by atoms with Gasteiger partial charge in [0.25, 0.3) is 0 Å². The fraction of sp³-hybridized carbons (Fsp3) is 1.00. The van der Waals surface area contributed by atoms with E-state index in [1.165, 1.54) is 38.5 Å². The molecule has 2 aliphatic carbocycles. The molecule has 4 N–H and O–H groups in total. The van der Waals surface area contributed by atoms with E-state index in [1.807, 2.05) is 0 Å². The van der Waals surface area contributed by atoms with Crippen molar-refractivity contribution < 1.29 is 5.11 Å². The van der Waals surface area contributed by atoms with E-state index >= 15 is 0 Å². The van der Waals surface area contributed by atoms with Crippen LogP contribution in [0.25, 0.3) is 0 Å². The first-order valence-electron chi connectivity index (χ1n) is 5.06. The standard InChI is InChI=1S/C10H18O.H3N/c11-10-7-3-5-8-4-1-2-6-9(8)10;/h8-11H,1-7H2;1H3. The molecule has 0 saturated heterocycles. The van der Waals surface area contributed by atoms with Crippen LogP contribution >= 0.6 is 0 Å². The molecule has 0 aromatic carbocycles. The van der Waals surface area contributed by atoms with Gasteiger partial charge in [-0.05, 0) is 31.1 Å². The van der Waals surface area contributed by atoms with Crippen LogP contribution in [0.5, 0.6) is 0 Å². The fourth-order valence-electron chi connectivity index (χ4n) is 2.90. The lowest BCUT2D eigenvalue weighted by molar-refractivity contribution is 0.0105. The maximum Gasteiger partial charge on any atom is 0.0571 e. The molecule has 0 bridgehead atoms. The molecule has 72 valence electrons. The Morgan fingerprint density at radius 2 is 1.50 bits per heavy atom. The Kier molecular flexibility index (Phi) is 3.53. The van der Waals surface area contributed by atoms with Gasteiger partial charge in [0.15, 0.2) is 0 Å². The second kappa shape index (κ2) is 4.24. The van der Waals surface area contributed by atoms with E-state index in [0.29, 0.717) is 5.92 Å². The Hall–Kier alpha value is -0.0800. The van der Waals surface area contributed by atoms with Crippen LogP contribution in [0, 0.1) is 11.8 Å². The number of hydrogen-bond acceptors (Lipinski definition) is 2. The van der Waals surface area contributed by atoms with Gasteiger partial charge in [-0.3, -0.25) is 0 Å². The zero-order valence-corrected chi connectivity index (χ0v) is 7.84. The average molecular weight is 171 g/mol. The highest BCUT2D eigenvalue weighted by molar-refractivity contribution is 4.84. The lowest BCUT2D eigenvalue weighted by atomic mass is 9.69. The van der Waals surface area contributed by atoms with Crippen LogP contribution in [0.1, 0.15) is 44.9 Å². The molecule has 3 unspecified atom stereocenters. The summed E-state index contributed by atoms with van der Waals surface area (Å²) in [6, 6.07) is 0. The lowest BCUT2D eigenvalue weighted by Crippen LogP contribution is -2.34. The largest absolute Gasteiger partial charge is 0.393 e. The molecule has 0 spiro atoms. The van der Waals surface area contributed by atoms with E-state index < -0.39 is 0 Å². The van der Waals surface area contributed by atoms with E-state index in [-0.39, 0.29) is 12.3 Å². The molecule has 0 aliphatic heterocycles. The van der Waals surface area contributed by atoms with Crippen LogP contribution in [0.4, 0.5) is 0 Å². The second-order valence-corrected chi connectivity index (χ2v) is 4.21. The quantitative estimate of drug-likeness (QED) is 0.588. The van der Waals surface area contributed by atoms with E-state index in [4.69, 9.17) is 0 Å². The van der Waals surface area contributed by atoms with Crippen LogP contribution in [0.15, 0.2) is 0 Å². The number of fused-ring (bicyclic) bond motifs is 1. The predicted molar refractivity (Wildman–Crippen MR) is 50.3 cm³/mol. The van der Waals surface area contributed by atoms with Crippen molar-refractivity contribution in [3.63, 3.8) is 0 Å². The summed E-state index contributed by atoms with van der Waals surface area (Å²) in [5.41, 5.74) is 0. The zero-order chi connectivity index (χ0) is 7.68. The van der Waals surface area contributed by atoms with Crippen LogP contribution in [0.3, 0.4) is 0 Å². The molecule has 0 aromatic heterocycles. The van der Waals surface area contributed by atoms with Crippen molar-refractivity contribution in [3.05, 3.63) is 0 Å². The highest BCUT2D eigenvalue weighted by atomic mass is 16.3. The minimum atomic E-state index is 0. The zero-order valence-electron chi connectivity index (χ0n) is 7.84. The first kappa shape index (κ1) is 10.0. The minimum Gasteiger partial charge on any atom is -0.393 e. The molecule has 2 heteroatoms. The third-order valence-electron chi connectivity index (χ3n) is 3.54. The normalized spacial score (nSPS) is 41.2. The SMILES string of the molecule is N.OC1CCCC2CCCCC12. The monoisotopic (exact) mass is 171 g/mol. The summed E-state index contributed by atoms with van der Waals surface area (Å²) in [4.78, 5) is 0. The Morgan fingerprint density at radius 3 is 2.25 bits per heavy atom. The van der Waals surface area contributed by atoms with Crippen molar-refractivity contribution in [2.24, 2.45) is 11.8 Å². The number of rotatable bonds is 0.